The van der Waals surface area contributed by atoms with E-state index in [-0.39, 0.29) is 49.3 Å². The number of nitrogens with one attached hydrogen (secondary N) is 5. The normalized spacial score (nSPS) is 13.5. The molecule has 0 bridgehead atoms. The van der Waals surface area contributed by atoms with Crippen LogP contribution < -0.4 is 26.6 Å². The van der Waals surface area contributed by atoms with Gasteiger partial charge in [0.05, 0.1) is 11.3 Å². The molecule has 15 nitrogen and oxygen atoms in total. The number of nitrogens with zero attached hydrogens (tertiary/aromatic N) is 1. The van der Waals surface area contributed by atoms with Gasteiger partial charge in [-0.1, -0.05) is 76.6 Å². The van der Waals surface area contributed by atoms with Crippen molar-refractivity contribution >= 4 is 41.0 Å². The number of hydrogen-bond donors (Lipinski definition) is 7. The van der Waals surface area contributed by atoms with Gasteiger partial charge in [-0.25, -0.2) is 9.59 Å². The largest absolute Gasteiger partial charge is 0.480 e. The van der Waals surface area contributed by atoms with E-state index < -0.39 is 52.7 Å². The van der Waals surface area contributed by atoms with Crippen LogP contribution in [0.15, 0.2) is 72.7 Å². The first-order valence-corrected chi connectivity index (χ1v) is 16.9. The highest BCUT2D eigenvalue weighted by Crippen LogP contribution is 2.19. The SMILES string of the molecule is Cc1ccc(NC(=C[N+](=O)[O-])Nc2ccc(CC(=O)NC(CC(C)C)C(=O)NC(CC=CCC(NC(=O)CC(C)(C)C)C(=O)O)C(=O)O)cc2)cc1. The molecular formula is C37H50N6O9. The van der Waals surface area contributed by atoms with Crippen molar-refractivity contribution in [2.75, 3.05) is 10.6 Å². The number of nitro groups is 1. The number of rotatable bonds is 20. The molecule has 282 valence electrons. The molecule has 2 aromatic carbocycles. The van der Waals surface area contributed by atoms with Gasteiger partial charge in [-0.05, 0) is 67.3 Å². The van der Waals surface area contributed by atoms with Gasteiger partial charge in [0.1, 0.15) is 18.1 Å². The summed E-state index contributed by atoms with van der Waals surface area (Å²) in [7, 11) is 0. The Morgan fingerprint density at radius 3 is 1.71 bits per heavy atom. The van der Waals surface area contributed by atoms with Crippen LogP contribution in [-0.2, 0) is 30.4 Å². The third kappa shape index (κ3) is 16.8. The molecule has 0 aliphatic heterocycles. The predicted molar refractivity (Wildman–Crippen MR) is 197 cm³/mol. The average Bonchev–Trinajstić information content (AvgIpc) is 3.01. The molecule has 3 amide bonds. The molecule has 0 fully saturated rings. The lowest BCUT2D eigenvalue weighted by atomic mass is 9.92. The minimum Gasteiger partial charge on any atom is -0.480 e. The monoisotopic (exact) mass is 722 g/mol. The molecule has 7 N–H and O–H groups in total. The molecule has 3 unspecified atom stereocenters. The van der Waals surface area contributed by atoms with Crippen LogP contribution in [0.3, 0.4) is 0 Å². The van der Waals surface area contributed by atoms with E-state index in [0.29, 0.717) is 16.9 Å². The second kappa shape index (κ2) is 20.2. The van der Waals surface area contributed by atoms with Crippen molar-refractivity contribution in [3.8, 4) is 0 Å². The van der Waals surface area contributed by atoms with Crippen LogP contribution in [0.2, 0.25) is 0 Å². The molecule has 0 radical (unpaired) electrons. The lowest BCUT2D eigenvalue weighted by Gasteiger charge is -2.22. The van der Waals surface area contributed by atoms with Gasteiger partial charge in [-0.15, -0.1) is 0 Å². The number of carbonyl (C=O) groups is 5. The lowest BCUT2D eigenvalue weighted by molar-refractivity contribution is -0.403. The molecule has 0 aromatic heterocycles. The summed E-state index contributed by atoms with van der Waals surface area (Å²) in [4.78, 5) is 72.6. The fraction of sp³-hybridized carbons (Fsp3) is 0.432. The Hall–Kier alpha value is -5.73. The molecule has 52 heavy (non-hydrogen) atoms. The number of anilines is 2. The van der Waals surface area contributed by atoms with Crippen LogP contribution in [0.5, 0.6) is 0 Å². The molecule has 0 saturated carbocycles. The molecule has 3 atom stereocenters. The minimum atomic E-state index is -1.36. The van der Waals surface area contributed by atoms with E-state index in [4.69, 9.17) is 0 Å². The van der Waals surface area contributed by atoms with E-state index in [1.54, 1.807) is 36.4 Å². The Labute approximate surface area is 303 Å². The van der Waals surface area contributed by atoms with Crippen LogP contribution in [0.1, 0.15) is 71.4 Å². The first kappa shape index (κ1) is 42.4. The minimum absolute atomic E-state index is 0.0269. The highest BCUT2D eigenvalue weighted by atomic mass is 16.6. The zero-order valence-corrected chi connectivity index (χ0v) is 30.4. The van der Waals surface area contributed by atoms with Crippen molar-refractivity contribution in [2.24, 2.45) is 11.3 Å². The number of aryl methyl sites for hydroxylation is 1. The Bertz CT molecular complexity index is 1610. The van der Waals surface area contributed by atoms with E-state index in [9.17, 15) is 44.3 Å². The van der Waals surface area contributed by atoms with Crippen molar-refractivity contribution < 1.29 is 39.1 Å². The number of aliphatic carboxylic acids is 2. The highest BCUT2D eigenvalue weighted by molar-refractivity contribution is 5.91. The van der Waals surface area contributed by atoms with Crippen LogP contribution in [0, 0.1) is 28.4 Å². The van der Waals surface area contributed by atoms with Crippen molar-refractivity contribution in [2.45, 2.75) is 91.8 Å². The molecule has 0 spiro atoms. The number of hydrogen-bond acceptors (Lipinski definition) is 9. The van der Waals surface area contributed by atoms with Gasteiger partial charge in [0.15, 0.2) is 5.82 Å². The second-order valence-electron chi connectivity index (χ2n) is 14.1. The van der Waals surface area contributed by atoms with Gasteiger partial charge in [0.25, 0.3) is 6.20 Å². The molecule has 0 aliphatic carbocycles. The maximum atomic E-state index is 13.2. The van der Waals surface area contributed by atoms with Crippen molar-refractivity contribution in [1.82, 2.24) is 16.0 Å². The fourth-order valence-electron chi connectivity index (χ4n) is 4.90. The smallest absolute Gasteiger partial charge is 0.326 e. The van der Waals surface area contributed by atoms with Gasteiger partial charge >= 0.3 is 11.9 Å². The van der Waals surface area contributed by atoms with Crippen LogP contribution in [0.25, 0.3) is 0 Å². The number of carboxylic acids is 2. The predicted octanol–water partition coefficient (Wildman–Crippen LogP) is 4.58. The maximum absolute atomic E-state index is 13.2. The zero-order chi connectivity index (χ0) is 39.0. The molecule has 0 saturated heterocycles. The van der Waals surface area contributed by atoms with Crippen molar-refractivity contribution in [3.63, 3.8) is 0 Å². The summed E-state index contributed by atoms with van der Waals surface area (Å²) in [6.45, 7) is 11.2. The Morgan fingerprint density at radius 1 is 0.769 bits per heavy atom. The quantitative estimate of drug-likeness (QED) is 0.0568. The Morgan fingerprint density at radius 2 is 1.25 bits per heavy atom. The third-order valence-corrected chi connectivity index (χ3v) is 7.37. The number of amides is 3. The standard InChI is InChI=1S/C37H50N6O9/c1-23(2)19-30(34(46)42-29(36(49)50)10-8-7-9-28(35(47)48)40-33(45)21-37(4,5)6)41-32(44)20-25-13-17-27(18-14-25)39-31(22-43(51)52)38-26-15-11-24(3)12-16-26/h7-8,11-18,22-23,28-30,38-39H,9-10,19-21H2,1-6H3,(H,40,45)(H,41,44)(H,42,46)(H,47,48)(H,49,50). The van der Waals surface area contributed by atoms with Gasteiger partial charge in [-0.3, -0.25) is 24.5 Å². The summed E-state index contributed by atoms with van der Waals surface area (Å²) in [6.07, 6.45) is 3.69. The van der Waals surface area contributed by atoms with E-state index >= 15 is 0 Å². The van der Waals surface area contributed by atoms with Crippen LogP contribution in [0.4, 0.5) is 11.4 Å². The fourth-order valence-corrected chi connectivity index (χ4v) is 4.90. The van der Waals surface area contributed by atoms with Gasteiger partial charge in [0.2, 0.25) is 17.7 Å². The Balaban J connectivity index is 2.01. The van der Waals surface area contributed by atoms with Gasteiger partial charge in [0, 0.05) is 17.8 Å². The average molecular weight is 723 g/mol. The van der Waals surface area contributed by atoms with Gasteiger partial charge in [-0.2, -0.15) is 0 Å². The van der Waals surface area contributed by atoms with E-state index in [0.717, 1.165) is 11.8 Å². The van der Waals surface area contributed by atoms with Crippen LogP contribution >= 0.6 is 0 Å². The zero-order valence-electron chi connectivity index (χ0n) is 30.4. The molecule has 2 rings (SSSR count). The summed E-state index contributed by atoms with van der Waals surface area (Å²) in [6, 6.07) is 10.3. The summed E-state index contributed by atoms with van der Waals surface area (Å²) in [5, 5.41) is 44.0. The highest BCUT2D eigenvalue weighted by Gasteiger charge is 2.27. The summed E-state index contributed by atoms with van der Waals surface area (Å²) in [5.41, 5.74) is 2.46. The number of carbonyl (C=O) groups excluding carboxylic acids is 3. The van der Waals surface area contributed by atoms with E-state index in [2.05, 4.69) is 26.6 Å². The molecule has 0 aliphatic rings. The lowest BCUT2D eigenvalue weighted by Crippen LogP contribution is -2.52. The number of carboxylic acid groups (broad SMARTS) is 2. The summed E-state index contributed by atoms with van der Waals surface area (Å²) >= 11 is 0. The van der Waals surface area contributed by atoms with E-state index in [1.807, 2.05) is 53.7 Å². The second-order valence-corrected chi connectivity index (χ2v) is 14.1. The molecular weight excluding hydrogens is 672 g/mol. The summed E-state index contributed by atoms with van der Waals surface area (Å²) in [5.74, 6) is -4.04. The third-order valence-electron chi connectivity index (χ3n) is 7.37. The topological polar surface area (TPSA) is 229 Å². The number of benzene rings is 2. The molecule has 2 aromatic rings. The first-order valence-electron chi connectivity index (χ1n) is 16.9. The summed E-state index contributed by atoms with van der Waals surface area (Å²) < 4.78 is 0. The van der Waals surface area contributed by atoms with Crippen molar-refractivity contribution in [1.29, 1.82) is 0 Å². The Kier molecular flexibility index (Phi) is 16.5. The van der Waals surface area contributed by atoms with Gasteiger partial charge < -0.3 is 36.8 Å². The van der Waals surface area contributed by atoms with Crippen LogP contribution in [-0.4, -0.2) is 62.9 Å². The maximum Gasteiger partial charge on any atom is 0.326 e. The first-order chi connectivity index (χ1) is 24.3. The van der Waals surface area contributed by atoms with E-state index in [1.165, 1.54) is 12.2 Å². The molecule has 0 heterocycles. The molecule has 15 heteroatoms. The van der Waals surface area contributed by atoms with Crippen molar-refractivity contribution in [3.05, 3.63) is 93.9 Å².